The average molecular weight is 283 g/mol. The number of aryl methyl sites for hydroxylation is 1. The van der Waals surface area contributed by atoms with Crippen molar-refractivity contribution in [3.8, 4) is 22.5 Å². The lowest BCUT2D eigenvalue weighted by atomic mass is 9.97. The molecule has 3 nitrogen and oxygen atoms in total. The number of aldehydes is 1. The molecule has 0 aliphatic heterocycles. The zero-order chi connectivity index (χ0) is 14.1. The number of furan rings is 1. The molecular weight excluding hydrogens is 270 g/mol. The number of carbonyl (C=O) groups excluding carboxylic acids is 1. The molecule has 0 amide bonds. The van der Waals surface area contributed by atoms with Crippen molar-refractivity contribution in [1.82, 2.24) is 0 Å². The second-order valence-electron chi connectivity index (χ2n) is 4.57. The van der Waals surface area contributed by atoms with Crippen LogP contribution in [0.5, 0.6) is 0 Å². The minimum atomic E-state index is 0.632. The molecule has 3 aromatic rings. The standard InChI is InChI=1S/C16H13NO2S/c1-10-7-12(11-4-6-20-15(11)9-18)16(17)13(8-10)14-3-2-5-19-14/h2-9H,17H2,1H3. The molecule has 0 saturated heterocycles. The molecule has 2 N–H and O–H groups in total. The van der Waals surface area contributed by atoms with Gasteiger partial charge >= 0.3 is 0 Å². The van der Waals surface area contributed by atoms with Crippen LogP contribution in [-0.2, 0) is 0 Å². The van der Waals surface area contributed by atoms with E-state index in [0.717, 1.165) is 34.3 Å². The molecule has 3 rings (SSSR count). The molecule has 4 heteroatoms. The number of thiophene rings is 1. The van der Waals surface area contributed by atoms with E-state index in [1.165, 1.54) is 11.3 Å². The summed E-state index contributed by atoms with van der Waals surface area (Å²) in [5.41, 5.74) is 10.6. The van der Waals surface area contributed by atoms with Crippen LogP contribution in [0.1, 0.15) is 15.2 Å². The van der Waals surface area contributed by atoms with Gasteiger partial charge in [-0.2, -0.15) is 0 Å². The normalized spacial score (nSPS) is 10.7. The van der Waals surface area contributed by atoms with Gasteiger partial charge < -0.3 is 10.2 Å². The number of nitrogens with two attached hydrogens (primary N) is 1. The monoisotopic (exact) mass is 283 g/mol. The Morgan fingerprint density at radius 2 is 2.00 bits per heavy atom. The van der Waals surface area contributed by atoms with Crippen LogP contribution < -0.4 is 5.73 Å². The maximum atomic E-state index is 11.1. The van der Waals surface area contributed by atoms with Gasteiger partial charge in [-0.15, -0.1) is 11.3 Å². The topological polar surface area (TPSA) is 56.2 Å². The van der Waals surface area contributed by atoms with E-state index < -0.39 is 0 Å². The fourth-order valence-electron chi connectivity index (χ4n) is 2.29. The Hall–Kier alpha value is -2.33. The molecule has 2 heterocycles. The van der Waals surface area contributed by atoms with Crippen LogP contribution >= 0.6 is 11.3 Å². The van der Waals surface area contributed by atoms with Crippen LogP contribution in [0.2, 0.25) is 0 Å². The molecule has 0 aliphatic rings. The Morgan fingerprint density at radius 3 is 2.70 bits per heavy atom. The highest BCUT2D eigenvalue weighted by atomic mass is 32.1. The van der Waals surface area contributed by atoms with Gasteiger partial charge in [0.25, 0.3) is 0 Å². The largest absolute Gasteiger partial charge is 0.464 e. The number of benzene rings is 1. The van der Waals surface area contributed by atoms with Crippen molar-refractivity contribution >= 4 is 23.3 Å². The molecule has 0 unspecified atom stereocenters. The minimum Gasteiger partial charge on any atom is -0.464 e. The van der Waals surface area contributed by atoms with Crippen molar-refractivity contribution in [2.45, 2.75) is 6.92 Å². The van der Waals surface area contributed by atoms with Crippen LogP contribution in [0.25, 0.3) is 22.5 Å². The molecular formula is C16H13NO2S. The van der Waals surface area contributed by atoms with Crippen molar-refractivity contribution in [1.29, 1.82) is 0 Å². The summed E-state index contributed by atoms with van der Waals surface area (Å²) in [5.74, 6) is 0.732. The first-order valence-electron chi connectivity index (χ1n) is 6.17. The summed E-state index contributed by atoms with van der Waals surface area (Å²) in [4.78, 5) is 11.8. The Balaban J connectivity index is 2.25. The number of hydrogen-bond acceptors (Lipinski definition) is 4. The van der Waals surface area contributed by atoms with E-state index in [-0.39, 0.29) is 0 Å². The number of anilines is 1. The van der Waals surface area contributed by atoms with Gasteiger partial charge in [-0.1, -0.05) is 0 Å². The van der Waals surface area contributed by atoms with Gasteiger partial charge in [0.2, 0.25) is 0 Å². The minimum absolute atomic E-state index is 0.632. The lowest BCUT2D eigenvalue weighted by Crippen LogP contribution is -1.95. The number of carbonyl (C=O) groups is 1. The molecule has 20 heavy (non-hydrogen) atoms. The van der Waals surface area contributed by atoms with E-state index >= 15 is 0 Å². The Morgan fingerprint density at radius 1 is 1.20 bits per heavy atom. The third-order valence-electron chi connectivity index (χ3n) is 3.20. The molecule has 0 fully saturated rings. The van der Waals surface area contributed by atoms with Gasteiger partial charge in [0.05, 0.1) is 16.8 Å². The first kappa shape index (κ1) is 12.7. The molecule has 0 spiro atoms. The van der Waals surface area contributed by atoms with Crippen LogP contribution in [0.15, 0.2) is 46.4 Å². The van der Waals surface area contributed by atoms with E-state index in [0.29, 0.717) is 10.6 Å². The first-order valence-corrected chi connectivity index (χ1v) is 7.05. The lowest BCUT2D eigenvalue weighted by Gasteiger charge is -2.11. The van der Waals surface area contributed by atoms with E-state index in [1.54, 1.807) is 6.26 Å². The zero-order valence-corrected chi connectivity index (χ0v) is 11.7. The molecule has 1 aromatic carbocycles. The Kier molecular flexibility index (Phi) is 3.16. The average Bonchev–Trinajstić information content (AvgIpc) is 3.10. The van der Waals surface area contributed by atoms with Crippen LogP contribution in [0.3, 0.4) is 0 Å². The smallest absolute Gasteiger partial charge is 0.160 e. The summed E-state index contributed by atoms with van der Waals surface area (Å²) in [6.07, 6.45) is 2.49. The Labute approximate surface area is 120 Å². The SMILES string of the molecule is Cc1cc(-c2ccco2)c(N)c(-c2ccsc2C=O)c1. The number of rotatable bonds is 3. The summed E-state index contributed by atoms with van der Waals surface area (Å²) in [6, 6.07) is 9.62. The summed E-state index contributed by atoms with van der Waals surface area (Å²) >= 11 is 1.42. The van der Waals surface area contributed by atoms with Gasteiger partial charge in [0, 0.05) is 16.7 Å². The van der Waals surface area contributed by atoms with Gasteiger partial charge in [0.15, 0.2) is 6.29 Å². The van der Waals surface area contributed by atoms with Gasteiger partial charge in [-0.05, 0) is 48.2 Å². The molecule has 0 aliphatic carbocycles. The van der Waals surface area contributed by atoms with E-state index in [9.17, 15) is 4.79 Å². The molecule has 0 radical (unpaired) electrons. The lowest BCUT2D eigenvalue weighted by molar-refractivity contribution is 0.112. The van der Waals surface area contributed by atoms with E-state index in [1.807, 2.05) is 42.6 Å². The predicted octanol–water partition coefficient (Wildman–Crippen LogP) is 4.38. The molecule has 0 atom stereocenters. The highest BCUT2D eigenvalue weighted by Crippen LogP contribution is 2.38. The molecule has 0 bridgehead atoms. The second-order valence-corrected chi connectivity index (χ2v) is 5.52. The van der Waals surface area contributed by atoms with E-state index in [4.69, 9.17) is 10.2 Å². The van der Waals surface area contributed by atoms with Gasteiger partial charge in [-0.25, -0.2) is 0 Å². The van der Waals surface area contributed by atoms with Gasteiger partial charge in [-0.3, -0.25) is 4.79 Å². The van der Waals surface area contributed by atoms with Crippen LogP contribution in [0, 0.1) is 6.92 Å². The van der Waals surface area contributed by atoms with Crippen LogP contribution in [0.4, 0.5) is 5.69 Å². The first-order chi connectivity index (χ1) is 9.70. The molecule has 100 valence electrons. The van der Waals surface area contributed by atoms with Crippen molar-refractivity contribution in [3.63, 3.8) is 0 Å². The highest BCUT2D eigenvalue weighted by molar-refractivity contribution is 7.12. The second kappa shape index (κ2) is 4.98. The third-order valence-corrected chi connectivity index (χ3v) is 4.05. The molecule has 0 saturated carbocycles. The maximum Gasteiger partial charge on any atom is 0.160 e. The van der Waals surface area contributed by atoms with Crippen LogP contribution in [-0.4, -0.2) is 6.29 Å². The van der Waals surface area contributed by atoms with Gasteiger partial charge in [0.1, 0.15) is 5.76 Å². The Bertz CT molecular complexity index is 757. The summed E-state index contributed by atoms with van der Waals surface area (Å²) in [6.45, 7) is 2.00. The summed E-state index contributed by atoms with van der Waals surface area (Å²) in [5, 5.41) is 1.90. The fraction of sp³-hybridized carbons (Fsp3) is 0.0625. The van der Waals surface area contributed by atoms with Crippen molar-refractivity contribution in [3.05, 3.63) is 52.4 Å². The summed E-state index contributed by atoms with van der Waals surface area (Å²) < 4.78 is 5.44. The molecule has 2 aromatic heterocycles. The fourth-order valence-corrected chi connectivity index (χ4v) is 3.00. The van der Waals surface area contributed by atoms with Crippen molar-refractivity contribution < 1.29 is 9.21 Å². The highest BCUT2D eigenvalue weighted by Gasteiger charge is 2.15. The zero-order valence-electron chi connectivity index (χ0n) is 10.9. The predicted molar refractivity (Wildman–Crippen MR) is 82.0 cm³/mol. The third kappa shape index (κ3) is 2.04. The number of nitrogen functional groups attached to an aromatic ring is 1. The number of hydrogen-bond donors (Lipinski definition) is 1. The summed E-state index contributed by atoms with van der Waals surface area (Å²) in [7, 11) is 0. The van der Waals surface area contributed by atoms with E-state index in [2.05, 4.69) is 0 Å². The quantitative estimate of drug-likeness (QED) is 0.573. The van der Waals surface area contributed by atoms with Crippen molar-refractivity contribution in [2.75, 3.05) is 5.73 Å². The van der Waals surface area contributed by atoms with Crippen molar-refractivity contribution in [2.24, 2.45) is 0 Å². The maximum absolute atomic E-state index is 11.1.